The molecule has 1 fully saturated rings. The first-order valence-electron chi connectivity index (χ1n) is 8.83. The summed E-state index contributed by atoms with van der Waals surface area (Å²) >= 11 is 0. The molecule has 0 bridgehead atoms. The van der Waals surface area contributed by atoms with Crippen molar-refractivity contribution < 1.29 is 18.4 Å². The van der Waals surface area contributed by atoms with Crippen molar-refractivity contribution in [3.63, 3.8) is 0 Å². The van der Waals surface area contributed by atoms with Crippen molar-refractivity contribution in [1.29, 1.82) is 0 Å². The van der Waals surface area contributed by atoms with Gasteiger partial charge in [0.05, 0.1) is 13.2 Å². The molecule has 1 atom stereocenters. The first-order valence-corrected chi connectivity index (χ1v) is 8.83. The van der Waals surface area contributed by atoms with Crippen LogP contribution in [0.5, 0.6) is 5.75 Å². The standard InChI is InChI=1S/C21H19FN2O3/c1-26-17-9-7-14(8-10-17)18-13-20(27-23-18)21(25)24-11-3-6-19(24)15-4-2-5-16(22)12-15/h2,4-5,7-10,12-13,19H,3,6,11H2,1H3/t19-/m0/s1. The molecule has 1 saturated heterocycles. The number of likely N-dealkylation sites (tertiary alicyclic amines) is 1. The lowest BCUT2D eigenvalue weighted by atomic mass is 10.0. The molecular weight excluding hydrogens is 347 g/mol. The molecule has 27 heavy (non-hydrogen) atoms. The van der Waals surface area contributed by atoms with Gasteiger partial charge in [0.2, 0.25) is 5.76 Å². The molecule has 3 aromatic rings. The third-order valence-electron chi connectivity index (χ3n) is 4.85. The van der Waals surface area contributed by atoms with Gasteiger partial charge in [-0.05, 0) is 54.8 Å². The second-order valence-electron chi connectivity index (χ2n) is 6.52. The SMILES string of the molecule is COc1ccc(-c2cc(C(=O)N3CCC[C@H]3c3cccc(F)c3)on2)cc1. The fraction of sp³-hybridized carbons (Fsp3) is 0.238. The van der Waals surface area contributed by atoms with E-state index in [1.165, 1.54) is 12.1 Å². The van der Waals surface area contributed by atoms with Gasteiger partial charge in [0, 0.05) is 18.2 Å². The van der Waals surface area contributed by atoms with E-state index in [2.05, 4.69) is 5.16 Å². The topological polar surface area (TPSA) is 55.6 Å². The Morgan fingerprint density at radius 2 is 2.04 bits per heavy atom. The minimum absolute atomic E-state index is 0.150. The monoisotopic (exact) mass is 366 g/mol. The highest BCUT2D eigenvalue weighted by Gasteiger charge is 2.32. The molecule has 0 N–H and O–H groups in total. The molecule has 0 radical (unpaired) electrons. The summed E-state index contributed by atoms with van der Waals surface area (Å²) in [7, 11) is 1.60. The summed E-state index contributed by atoms with van der Waals surface area (Å²) in [4.78, 5) is 14.7. The van der Waals surface area contributed by atoms with Gasteiger partial charge in [-0.25, -0.2) is 4.39 Å². The highest BCUT2D eigenvalue weighted by molar-refractivity contribution is 5.93. The van der Waals surface area contributed by atoms with E-state index in [-0.39, 0.29) is 23.5 Å². The summed E-state index contributed by atoms with van der Waals surface area (Å²) in [5, 5.41) is 4.02. The summed E-state index contributed by atoms with van der Waals surface area (Å²) in [5.74, 6) is 0.403. The number of benzene rings is 2. The van der Waals surface area contributed by atoms with Crippen molar-refractivity contribution in [1.82, 2.24) is 10.1 Å². The predicted molar refractivity (Wildman–Crippen MR) is 97.9 cm³/mol. The summed E-state index contributed by atoms with van der Waals surface area (Å²) in [5.41, 5.74) is 2.22. The molecule has 0 saturated carbocycles. The number of hydrogen-bond donors (Lipinski definition) is 0. The molecule has 1 aliphatic rings. The molecule has 6 heteroatoms. The number of methoxy groups -OCH3 is 1. The minimum Gasteiger partial charge on any atom is -0.497 e. The zero-order valence-corrected chi connectivity index (χ0v) is 14.9. The summed E-state index contributed by atoms with van der Waals surface area (Å²) in [6.07, 6.45) is 1.67. The number of ether oxygens (including phenoxy) is 1. The maximum atomic E-state index is 13.6. The first-order chi connectivity index (χ1) is 13.2. The largest absolute Gasteiger partial charge is 0.497 e. The highest BCUT2D eigenvalue weighted by atomic mass is 19.1. The van der Waals surface area contributed by atoms with Gasteiger partial charge in [0.25, 0.3) is 5.91 Å². The Kier molecular flexibility index (Phi) is 4.62. The molecule has 2 heterocycles. The number of hydrogen-bond acceptors (Lipinski definition) is 4. The highest BCUT2D eigenvalue weighted by Crippen LogP contribution is 2.34. The Morgan fingerprint density at radius 3 is 2.78 bits per heavy atom. The number of nitrogens with zero attached hydrogens (tertiary/aromatic N) is 2. The van der Waals surface area contributed by atoms with E-state index in [0.717, 1.165) is 29.7 Å². The lowest BCUT2D eigenvalue weighted by Gasteiger charge is -2.23. The summed E-state index contributed by atoms with van der Waals surface area (Å²) < 4.78 is 24.0. The fourth-order valence-corrected chi connectivity index (χ4v) is 3.49. The van der Waals surface area contributed by atoms with E-state index in [0.29, 0.717) is 12.2 Å². The molecule has 2 aromatic carbocycles. The third-order valence-corrected chi connectivity index (χ3v) is 4.85. The van der Waals surface area contributed by atoms with Crippen LogP contribution >= 0.6 is 0 Å². The van der Waals surface area contributed by atoms with Crippen molar-refractivity contribution in [2.45, 2.75) is 18.9 Å². The average molecular weight is 366 g/mol. The Morgan fingerprint density at radius 1 is 1.22 bits per heavy atom. The van der Waals surface area contributed by atoms with Crippen LogP contribution in [-0.4, -0.2) is 29.6 Å². The van der Waals surface area contributed by atoms with Crippen LogP contribution in [0.15, 0.2) is 59.1 Å². The van der Waals surface area contributed by atoms with Crippen molar-refractivity contribution in [3.8, 4) is 17.0 Å². The molecule has 1 amide bonds. The van der Waals surface area contributed by atoms with Gasteiger partial charge in [0.1, 0.15) is 17.3 Å². The van der Waals surface area contributed by atoms with Gasteiger partial charge < -0.3 is 14.2 Å². The number of amides is 1. The van der Waals surface area contributed by atoms with Crippen LogP contribution in [0.2, 0.25) is 0 Å². The Balaban J connectivity index is 1.56. The number of rotatable bonds is 4. The number of carbonyl (C=O) groups excluding carboxylic acids is 1. The van der Waals surface area contributed by atoms with Gasteiger partial charge >= 0.3 is 0 Å². The Bertz CT molecular complexity index is 952. The second kappa shape index (κ2) is 7.23. The van der Waals surface area contributed by atoms with Crippen molar-refractivity contribution >= 4 is 5.91 Å². The molecular formula is C21H19FN2O3. The summed E-state index contributed by atoms with van der Waals surface area (Å²) in [6, 6.07) is 15.3. The lowest BCUT2D eigenvalue weighted by molar-refractivity contribution is 0.0693. The predicted octanol–water partition coefficient (Wildman–Crippen LogP) is 4.47. The van der Waals surface area contributed by atoms with E-state index in [9.17, 15) is 9.18 Å². The Labute approximate surface area is 156 Å². The summed E-state index contributed by atoms with van der Waals surface area (Å²) in [6.45, 7) is 0.610. The molecule has 5 nitrogen and oxygen atoms in total. The average Bonchev–Trinajstić information content (AvgIpc) is 3.37. The van der Waals surface area contributed by atoms with Crippen LogP contribution < -0.4 is 4.74 Å². The van der Waals surface area contributed by atoms with Crippen LogP contribution in [0.1, 0.15) is 35.0 Å². The third kappa shape index (κ3) is 3.43. The van der Waals surface area contributed by atoms with Gasteiger partial charge in [-0.2, -0.15) is 0 Å². The molecule has 0 aliphatic carbocycles. The van der Waals surface area contributed by atoms with Gasteiger partial charge in [-0.1, -0.05) is 17.3 Å². The minimum atomic E-state index is -0.298. The molecule has 1 aliphatic heterocycles. The van der Waals surface area contributed by atoms with Crippen LogP contribution in [0, 0.1) is 5.82 Å². The normalized spacial score (nSPS) is 16.5. The van der Waals surface area contributed by atoms with Crippen LogP contribution in [0.4, 0.5) is 4.39 Å². The van der Waals surface area contributed by atoms with E-state index in [4.69, 9.17) is 9.26 Å². The maximum absolute atomic E-state index is 13.6. The van der Waals surface area contributed by atoms with E-state index in [1.807, 2.05) is 30.3 Å². The van der Waals surface area contributed by atoms with Crippen LogP contribution in [0.3, 0.4) is 0 Å². The number of carbonyl (C=O) groups is 1. The zero-order chi connectivity index (χ0) is 18.8. The molecule has 0 spiro atoms. The quantitative estimate of drug-likeness (QED) is 0.684. The van der Waals surface area contributed by atoms with Crippen LogP contribution in [-0.2, 0) is 0 Å². The zero-order valence-electron chi connectivity index (χ0n) is 14.9. The molecule has 0 unspecified atom stereocenters. The van der Waals surface area contributed by atoms with Gasteiger partial charge in [0.15, 0.2) is 0 Å². The van der Waals surface area contributed by atoms with Crippen molar-refractivity contribution in [2.24, 2.45) is 0 Å². The molecule has 138 valence electrons. The maximum Gasteiger partial charge on any atom is 0.292 e. The molecule has 1 aromatic heterocycles. The van der Waals surface area contributed by atoms with Gasteiger partial charge in [-0.15, -0.1) is 0 Å². The number of aromatic nitrogens is 1. The smallest absolute Gasteiger partial charge is 0.292 e. The first kappa shape index (κ1) is 17.3. The number of halogens is 1. The molecule has 4 rings (SSSR count). The van der Waals surface area contributed by atoms with Crippen LogP contribution in [0.25, 0.3) is 11.3 Å². The lowest BCUT2D eigenvalue weighted by Crippen LogP contribution is -2.30. The van der Waals surface area contributed by atoms with Crippen molar-refractivity contribution in [3.05, 3.63) is 71.7 Å². The van der Waals surface area contributed by atoms with E-state index in [1.54, 1.807) is 24.1 Å². The van der Waals surface area contributed by atoms with E-state index >= 15 is 0 Å². The van der Waals surface area contributed by atoms with E-state index < -0.39 is 0 Å². The Hall–Kier alpha value is -3.15. The van der Waals surface area contributed by atoms with Crippen molar-refractivity contribution in [2.75, 3.05) is 13.7 Å². The van der Waals surface area contributed by atoms with Gasteiger partial charge in [-0.3, -0.25) is 4.79 Å². The fourth-order valence-electron chi connectivity index (χ4n) is 3.49. The second-order valence-corrected chi connectivity index (χ2v) is 6.52.